The molecule has 0 atom stereocenters. The molecule has 2 aromatic heterocycles. The highest BCUT2D eigenvalue weighted by Gasteiger charge is 2.22. The van der Waals surface area contributed by atoms with Gasteiger partial charge in [-0.05, 0) is 30.4 Å². The molecule has 1 aliphatic rings. The zero-order valence-electron chi connectivity index (χ0n) is 15.2. The quantitative estimate of drug-likeness (QED) is 0.649. The molecule has 1 fully saturated rings. The Hall–Kier alpha value is -2.78. The average Bonchev–Trinajstić information content (AvgIpc) is 3.09. The maximum atomic E-state index is 5.63. The van der Waals surface area contributed by atoms with E-state index in [1.165, 1.54) is 4.90 Å². The standard InChI is InChI=1S/C18H21N7OS/c1-26-16-5-2-4-15(12-16)24-13-21-25(18(24)27)14-22-8-10-23(11-9-22)17-19-6-3-7-20-17/h2-7,12-13H,8-11,14H2,1H3/p+1. The van der Waals surface area contributed by atoms with E-state index in [1.54, 1.807) is 25.8 Å². The van der Waals surface area contributed by atoms with Gasteiger partial charge >= 0.3 is 0 Å². The number of ether oxygens (including phenoxy) is 1. The van der Waals surface area contributed by atoms with E-state index in [0.29, 0.717) is 4.77 Å². The second-order valence-corrected chi connectivity index (χ2v) is 6.79. The number of quaternary nitrogens is 1. The highest BCUT2D eigenvalue weighted by molar-refractivity contribution is 7.71. The number of rotatable bonds is 5. The molecule has 9 heteroatoms. The number of hydrogen-bond acceptors (Lipinski definition) is 6. The van der Waals surface area contributed by atoms with Crippen molar-refractivity contribution in [2.75, 3.05) is 38.2 Å². The van der Waals surface area contributed by atoms with Crippen LogP contribution in [0.2, 0.25) is 0 Å². The summed E-state index contributed by atoms with van der Waals surface area (Å²) in [5.74, 6) is 1.60. The second kappa shape index (κ2) is 7.85. The van der Waals surface area contributed by atoms with Crippen LogP contribution in [0.5, 0.6) is 5.75 Å². The summed E-state index contributed by atoms with van der Waals surface area (Å²) in [5.41, 5.74) is 0.951. The fourth-order valence-corrected chi connectivity index (χ4v) is 3.49. The topological polar surface area (TPSA) is 65.4 Å². The number of nitrogens with one attached hydrogen (secondary N) is 1. The summed E-state index contributed by atoms with van der Waals surface area (Å²) in [7, 11) is 1.66. The van der Waals surface area contributed by atoms with Gasteiger partial charge in [-0.2, -0.15) is 9.78 Å². The first kappa shape index (κ1) is 17.6. The predicted molar refractivity (Wildman–Crippen MR) is 104 cm³/mol. The number of hydrogen-bond donors (Lipinski definition) is 1. The Labute approximate surface area is 162 Å². The van der Waals surface area contributed by atoms with Gasteiger partial charge in [0.05, 0.1) is 39.0 Å². The normalized spacial score (nSPS) is 15.1. The predicted octanol–water partition coefficient (Wildman–Crippen LogP) is 0.564. The van der Waals surface area contributed by atoms with Crippen molar-refractivity contribution in [2.45, 2.75) is 6.67 Å². The lowest BCUT2D eigenvalue weighted by atomic mass is 10.3. The number of anilines is 1. The molecule has 140 valence electrons. The van der Waals surface area contributed by atoms with Crippen LogP contribution >= 0.6 is 12.2 Å². The molecule has 1 saturated heterocycles. The molecule has 0 amide bonds. The van der Waals surface area contributed by atoms with Crippen LogP contribution in [-0.4, -0.2) is 57.6 Å². The third-order valence-corrected chi connectivity index (χ3v) is 5.15. The third-order valence-electron chi connectivity index (χ3n) is 4.74. The minimum absolute atomic E-state index is 0.685. The van der Waals surface area contributed by atoms with E-state index in [2.05, 4.69) is 20.0 Å². The van der Waals surface area contributed by atoms with Crippen LogP contribution in [0.25, 0.3) is 5.69 Å². The molecular formula is C18H22N7OS+. The van der Waals surface area contributed by atoms with Crippen LogP contribution in [0.4, 0.5) is 5.95 Å². The molecular weight excluding hydrogens is 362 g/mol. The lowest BCUT2D eigenvalue weighted by Crippen LogP contribution is -3.14. The van der Waals surface area contributed by atoms with E-state index in [0.717, 1.165) is 50.2 Å². The minimum atomic E-state index is 0.685. The number of benzene rings is 1. The summed E-state index contributed by atoms with van der Waals surface area (Å²) in [6.45, 7) is 4.57. The summed E-state index contributed by atoms with van der Waals surface area (Å²) < 4.78 is 9.78. The van der Waals surface area contributed by atoms with Crippen molar-refractivity contribution in [1.82, 2.24) is 24.3 Å². The van der Waals surface area contributed by atoms with Crippen LogP contribution < -0.4 is 14.5 Å². The van der Waals surface area contributed by atoms with E-state index in [9.17, 15) is 0 Å². The summed E-state index contributed by atoms with van der Waals surface area (Å²) >= 11 is 5.63. The molecule has 1 aliphatic heterocycles. The summed E-state index contributed by atoms with van der Waals surface area (Å²) in [4.78, 5) is 12.3. The van der Waals surface area contributed by atoms with Gasteiger partial charge in [0, 0.05) is 18.5 Å². The molecule has 27 heavy (non-hydrogen) atoms. The first-order valence-electron chi connectivity index (χ1n) is 8.89. The van der Waals surface area contributed by atoms with Crippen LogP contribution in [-0.2, 0) is 6.67 Å². The SMILES string of the molecule is COc1cccc(-n2cnn(C[NH+]3CCN(c4ncccn4)CC3)c2=S)c1. The minimum Gasteiger partial charge on any atom is -0.497 e. The largest absolute Gasteiger partial charge is 0.497 e. The fourth-order valence-electron chi connectivity index (χ4n) is 3.23. The fraction of sp³-hybridized carbons (Fsp3) is 0.333. The first-order valence-corrected chi connectivity index (χ1v) is 9.30. The van der Waals surface area contributed by atoms with Gasteiger partial charge in [0.15, 0.2) is 6.67 Å². The molecule has 0 saturated carbocycles. The Bertz CT molecular complexity index is 948. The van der Waals surface area contributed by atoms with Gasteiger partial charge in [-0.25, -0.2) is 9.97 Å². The van der Waals surface area contributed by atoms with Gasteiger partial charge in [-0.1, -0.05) is 6.07 Å². The molecule has 0 spiro atoms. The summed E-state index contributed by atoms with van der Waals surface area (Å²) in [6, 6.07) is 9.65. The molecule has 0 radical (unpaired) electrons. The maximum absolute atomic E-state index is 5.63. The van der Waals surface area contributed by atoms with Gasteiger partial charge in [0.1, 0.15) is 12.1 Å². The Kier molecular flexibility index (Phi) is 5.12. The summed E-state index contributed by atoms with van der Waals surface area (Å²) in [5, 5.41) is 4.49. The van der Waals surface area contributed by atoms with Crippen LogP contribution in [0.1, 0.15) is 0 Å². The van der Waals surface area contributed by atoms with Gasteiger partial charge in [-0.3, -0.25) is 4.57 Å². The van der Waals surface area contributed by atoms with Gasteiger partial charge in [0.25, 0.3) is 0 Å². The van der Waals surface area contributed by atoms with Gasteiger partial charge < -0.3 is 14.5 Å². The van der Waals surface area contributed by atoms with Crippen molar-refractivity contribution in [3.05, 3.63) is 53.8 Å². The van der Waals surface area contributed by atoms with Crippen molar-refractivity contribution in [2.24, 2.45) is 0 Å². The Balaban J connectivity index is 1.42. The molecule has 0 bridgehead atoms. The van der Waals surface area contributed by atoms with E-state index in [4.69, 9.17) is 17.0 Å². The van der Waals surface area contributed by atoms with E-state index >= 15 is 0 Å². The molecule has 3 heterocycles. The van der Waals surface area contributed by atoms with Gasteiger partial charge in [-0.15, -0.1) is 0 Å². The first-order chi connectivity index (χ1) is 13.2. The smallest absolute Gasteiger partial charge is 0.225 e. The molecule has 4 rings (SSSR count). The Morgan fingerprint density at radius 3 is 2.67 bits per heavy atom. The molecule has 1 N–H and O–H groups in total. The molecule has 0 aliphatic carbocycles. The Morgan fingerprint density at radius 2 is 1.93 bits per heavy atom. The second-order valence-electron chi connectivity index (χ2n) is 6.43. The van der Waals surface area contributed by atoms with Crippen molar-refractivity contribution in [3.8, 4) is 11.4 Å². The number of aromatic nitrogens is 5. The highest BCUT2D eigenvalue weighted by atomic mass is 32.1. The third kappa shape index (κ3) is 3.83. The van der Waals surface area contributed by atoms with E-state index in [1.807, 2.05) is 39.6 Å². The zero-order chi connectivity index (χ0) is 18.6. The van der Waals surface area contributed by atoms with Crippen LogP contribution in [0.15, 0.2) is 49.1 Å². The van der Waals surface area contributed by atoms with Crippen LogP contribution in [0, 0.1) is 4.77 Å². The van der Waals surface area contributed by atoms with Crippen LogP contribution in [0.3, 0.4) is 0 Å². The van der Waals surface area contributed by atoms with Crippen molar-refractivity contribution in [3.63, 3.8) is 0 Å². The number of methoxy groups -OCH3 is 1. The Morgan fingerprint density at radius 1 is 1.15 bits per heavy atom. The molecule has 0 unspecified atom stereocenters. The number of nitrogens with zero attached hydrogens (tertiary/aromatic N) is 6. The molecule has 3 aromatic rings. The van der Waals surface area contributed by atoms with E-state index < -0.39 is 0 Å². The van der Waals surface area contributed by atoms with Gasteiger partial charge in [0.2, 0.25) is 10.7 Å². The average molecular weight is 384 g/mol. The number of piperazine rings is 1. The lowest BCUT2D eigenvalue weighted by molar-refractivity contribution is -0.924. The van der Waals surface area contributed by atoms with Crippen molar-refractivity contribution >= 4 is 18.2 Å². The monoisotopic (exact) mass is 384 g/mol. The van der Waals surface area contributed by atoms with Crippen molar-refractivity contribution < 1.29 is 9.64 Å². The summed E-state index contributed by atoms with van der Waals surface area (Å²) in [6.07, 6.45) is 5.34. The van der Waals surface area contributed by atoms with E-state index in [-0.39, 0.29) is 0 Å². The molecule has 8 nitrogen and oxygen atoms in total. The van der Waals surface area contributed by atoms with Crippen molar-refractivity contribution in [1.29, 1.82) is 0 Å². The zero-order valence-corrected chi connectivity index (χ0v) is 16.0. The highest BCUT2D eigenvalue weighted by Crippen LogP contribution is 2.16. The molecule has 1 aromatic carbocycles. The maximum Gasteiger partial charge on any atom is 0.225 e. The lowest BCUT2D eigenvalue weighted by Gasteiger charge is -2.31.